The first kappa shape index (κ1) is 24.9. The summed E-state index contributed by atoms with van der Waals surface area (Å²) in [5.41, 5.74) is 0.999. The lowest BCUT2D eigenvalue weighted by Gasteiger charge is -2.30. The predicted molar refractivity (Wildman–Crippen MR) is 125 cm³/mol. The summed E-state index contributed by atoms with van der Waals surface area (Å²) >= 11 is 0. The van der Waals surface area contributed by atoms with Crippen LogP contribution in [-0.2, 0) is 16.6 Å². The Bertz CT molecular complexity index is 1090. The molecule has 180 valence electrons. The van der Waals surface area contributed by atoms with Crippen LogP contribution in [0.3, 0.4) is 0 Å². The van der Waals surface area contributed by atoms with Gasteiger partial charge in [-0.2, -0.15) is 4.31 Å². The summed E-state index contributed by atoms with van der Waals surface area (Å²) in [6.07, 6.45) is 1.86. The average molecular weight is 477 g/mol. The normalized spacial score (nSPS) is 14.9. The third-order valence-electron chi connectivity index (χ3n) is 6.03. The van der Waals surface area contributed by atoms with Crippen molar-refractivity contribution in [1.82, 2.24) is 9.21 Å². The molecule has 0 aliphatic carbocycles. The maximum absolute atomic E-state index is 13.3. The molecule has 1 saturated heterocycles. The Kier molecular flexibility index (Phi) is 7.86. The standard InChI is InChI=1S/C24H32N2O6S/c1-17-10-12-26(13-11-17)24(27)20-15-19(7-9-21(20)30-3)33(28,29)25(2)16-18-6-8-22(31-4)23(14-18)32-5/h6-9,14-15,17H,10-13,16H2,1-5H3. The van der Waals surface area contributed by atoms with Crippen molar-refractivity contribution < 1.29 is 27.4 Å². The maximum Gasteiger partial charge on any atom is 0.257 e. The van der Waals surface area contributed by atoms with E-state index in [4.69, 9.17) is 14.2 Å². The molecule has 0 radical (unpaired) electrons. The molecule has 3 rings (SSSR count). The Balaban J connectivity index is 1.86. The smallest absolute Gasteiger partial charge is 0.257 e. The number of benzene rings is 2. The molecule has 1 heterocycles. The molecule has 1 aliphatic heterocycles. The fraction of sp³-hybridized carbons (Fsp3) is 0.458. The molecule has 9 heteroatoms. The molecule has 0 aromatic heterocycles. The van der Waals surface area contributed by atoms with Crippen LogP contribution in [0.25, 0.3) is 0 Å². The van der Waals surface area contributed by atoms with Gasteiger partial charge in [0.05, 0.1) is 31.8 Å². The molecule has 0 atom stereocenters. The fourth-order valence-electron chi connectivity index (χ4n) is 3.90. The van der Waals surface area contributed by atoms with Crippen molar-refractivity contribution in [3.05, 3.63) is 47.5 Å². The Morgan fingerprint density at radius 3 is 2.18 bits per heavy atom. The molecule has 1 fully saturated rings. The highest BCUT2D eigenvalue weighted by atomic mass is 32.2. The number of amides is 1. The number of sulfonamides is 1. The Hall–Kier alpha value is -2.78. The second kappa shape index (κ2) is 10.4. The van der Waals surface area contributed by atoms with E-state index in [9.17, 15) is 13.2 Å². The summed E-state index contributed by atoms with van der Waals surface area (Å²) < 4.78 is 43.8. The van der Waals surface area contributed by atoms with Gasteiger partial charge in [-0.15, -0.1) is 0 Å². The first-order chi connectivity index (χ1) is 15.7. The zero-order chi connectivity index (χ0) is 24.2. The first-order valence-corrected chi connectivity index (χ1v) is 12.3. The van der Waals surface area contributed by atoms with E-state index in [1.807, 2.05) is 0 Å². The van der Waals surface area contributed by atoms with E-state index >= 15 is 0 Å². The van der Waals surface area contributed by atoms with Crippen LogP contribution in [0.1, 0.15) is 35.7 Å². The van der Waals surface area contributed by atoms with Crippen molar-refractivity contribution in [2.75, 3.05) is 41.5 Å². The lowest BCUT2D eigenvalue weighted by atomic mass is 9.98. The second-order valence-electron chi connectivity index (χ2n) is 8.29. The predicted octanol–water partition coefficient (Wildman–Crippen LogP) is 3.41. The monoisotopic (exact) mass is 476 g/mol. The van der Waals surface area contributed by atoms with Gasteiger partial charge in [-0.05, 0) is 54.7 Å². The highest BCUT2D eigenvalue weighted by molar-refractivity contribution is 7.89. The molecule has 33 heavy (non-hydrogen) atoms. The molecule has 2 aromatic carbocycles. The summed E-state index contributed by atoms with van der Waals surface area (Å²) in [6, 6.07) is 9.68. The van der Waals surface area contributed by atoms with E-state index in [1.54, 1.807) is 30.2 Å². The van der Waals surface area contributed by atoms with Crippen molar-refractivity contribution in [2.24, 2.45) is 5.92 Å². The SMILES string of the molecule is COc1ccc(CN(C)S(=O)(=O)c2ccc(OC)c(C(=O)N3CCC(C)CC3)c2)cc1OC. The number of piperidine rings is 1. The summed E-state index contributed by atoms with van der Waals surface area (Å²) in [6.45, 7) is 3.60. The number of hydrogen-bond acceptors (Lipinski definition) is 6. The van der Waals surface area contributed by atoms with Gasteiger partial charge in [-0.3, -0.25) is 4.79 Å². The van der Waals surface area contributed by atoms with Gasteiger partial charge >= 0.3 is 0 Å². The van der Waals surface area contributed by atoms with Crippen LogP contribution < -0.4 is 14.2 Å². The van der Waals surface area contributed by atoms with Crippen LogP contribution in [0, 0.1) is 5.92 Å². The zero-order valence-corrected chi connectivity index (χ0v) is 20.6. The maximum atomic E-state index is 13.3. The van der Waals surface area contributed by atoms with Crippen molar-refractivity contribution in [2.45, 2.75) is 31.2 Å². The van der Waals surface area contributed by atoms with Gasteiger partial charge in [0.1, 0.15) is 5.75 Å². The van der Waals surface area contributed by atoms with E-state index in [0.29, 0.717) is 36.3 Å². The molecule has 1 amide bonds. The fourth-order valence-corrected chi connectivity index (χ4v) is 5.08. The zero-order valence-electron chi connectivity index (χ0n) is 19.8. The number of carbonyl (C=O) groups is 1. The van der Waals surface area contributed by atoms with Gasteiger partial charge in [0, 0.05) is 26.7 Å². The van der Waals surface area contributed by atoms with Crippen molar-refractivity contribution >= 4 is 15.9 Å². The van der Waals surface area contributed by atoms with Gasteiger partial charge < -0.3 is 19.1 Å². The number of ether oxygens (including phenoxy) is 3. The lowest BCUT2D eigenvalue weighted by molar-refractivity contribution is 0.0693. The molecule has 8 nitrogen and oxygen atoms in total. The molecular formula is C24H32N2O6S. The van der Waals surface area contributed by atoms with E-state index in [-0.39, 0.29) is 22.9 Å². The summed E-state index contributed by atoms with van der Waals surface area (Å²) in [7, 11) is 2.19. The van der Waals surface area contributed by atoms with E-state index in [2.05, 4.69) is 6.92 Å². The van der Waals surface area contributed by atoms with Gasteiger partial charge in [-0.1, -0.05) is 13.0 Å². The van der Waals surface area contributed by atoms with Gasteiger partial charge in [0.2, 0.25) is 10.0 Å². The highest BCUT2D eigenvalue weighted by Gasteiger charge is 2.28. The van der Waals surface area contributed by atoms with Gasteiger partial charge in [-0.25, -0.2) is 8.42 Å². The third kappa shape index (κ3) is 5.42. The molecule has 0 saturated carbocycles. The molecule has 2 aromatic rings. The topological polar surface area (TPSA) is 85.4 Å². The van der Waals surface area contributed by atoms with Crippen LogP contribution in [0.5, 0.6) is 17.2 Å². The number of hydrogen-bond donors (Lipinski definition) is 0. The molecule has 0 N–H and O–H groups in total. The van der Waals surface area contributed by atoms with Crippen LogP contribution >= 0.6 is 0 Å². The van der Waals surface area contributed by atoms with E-state index in [0.717, 1.165) is 18.4 Å². The number of carbonyl (C=O) groups excluding carboxylic acids is 1. The summed E-state index contributed by atoms with van der Waals surface area (Å²) in [5.74, 6) is 1.82. The Morgan fingerprint density at radius 1 is 0.970 bits per heavy atom. The third-order valence-corrected chi connectivity index (χ3v) is 7.83. The Labute approximate surface area is 196 Å². The minimum absolute atomic E-state index is 0.0417. The average Bonchev–Trinajstić information content (AvgIpc) is 2.83. The Morgan fingerprint density at radius 2 is 1.58 bits per heavy atom. The largest absolute Gasteiger partial charge is 0.496 e. The number of nitrogens with zero attached hydrogens (tertiary/aromatic N) is 2. The number of methoxy groups -OCH3 is 3. The van der Waals surface area contributed by atoms with E-state index in [1.165, 1.54) is 43.8 Å². The van der Waals surface area contributed by atoms with Crippen LogP contribution in [0.15, 0.2) is 41.3 Å². The summed E-state index contributed by atoms with van der Waals surface area (Å²) in [5, 5.41) is 0. The van der Waals surface area contributed by atoms with Crippen LogP contribution in [0.2, 0.25) is 0 Å². The molecule has 0 bridgehead atoms. The van der Waals surface area contributed by atoms with Crippen LogP contribution in [0.4, 0.5) is 0 Å². The lowest BCUT2D eigenvalue weighted by Crippen LogP contribution is -2.38. The first-order valence-electron chi connectivity index (χ1n) is 10.9. The molecular weight excluding hydrogens is 444 g/mol. The molecule has 0 spiro atoms. The highest BCUT2D eigenvalue weighted by Crippen LogP contribution is 2.30. The van der Waals surface area contributed by atoms with Crippen LogP contribution in [-0.4, -0.2) is 65.0 Å². The van der Waals surface area contributed by atoms with Crippen molar-refractivity contribution in [3.63, 3.8) is 0 Å². The minimum atomic E-state index is -3.86. The number of rotatable bonds is 8. The van der Waals surface area contributed by atoms with Gasteiger partial charge in [0.25, 0.3) is 5.91 Å². The quantitative estimate of drug-likeness (QED) is 0.581. The minimum Gasteiger partial charge on any atom is -0.496 e. The summed E-state index contributed by atoms with van der Waals surface area (Å²) in [4.78, 5) is 15.0. The van der Waals surface area contributed by atoms with Crippen molar-refractivity contribution in [1.29, 1.82) is 0 Å². The van der Waals surface area contributed by atoms with Gasteiger partial charge in [0.15, 0.2) is 11.5 Å². The molecule has 1 aliphatic rings. The molecule has 0 unspecified atom stereocenters. The number of likely N-dealkylation sites (tertiary alicyclic amines) is 1. The van der Waals surface area contributed by atoms with Crippen molar-refractivity contribution in [3.8, 4) is 17.2 Å². The second-order valence-corrected chi connectivity index (χ2v) is 10.3. The van der Waals surface area contributed by atoms with E-state index < -0.39 is 10.0 Å².